The predicted molar refractivity (Wildman–Crippen MR) is 91.8 cm³/mol. The van der Waals surface area contributed by atoms with Gasteiger partial charge >= 0.3 is 0 Å². The van der Waals surface area contributed by atoms with E-state index in [0.717, 1.165) is 24.0 Å². The van der Waals surface area contributed by atoms with E-state index in [1.807, 2.05) is 20.8 Å². The number of hydrogen-bond donors (Lipinski definition) is 0. The van der Waals surface area contributed by atoms with Crippen LogP contribution in [0.1, 0.15) is 37.3 Å². The Hall–Kier alpha value is -0.920. The minimum atomic E-state index is -3.68. The van der Waals surface area contributed by atoms with Crippen molar-refractivity contribution in [3.05, 3.63) is 29.3 Å². The maximum absolute atomic E-state index is 13.0. The van der Waals surface area contributed by atoms with Crippen molar-refractivity contribution in [3.8, 4) is 0 Å². The summed E-state index contributed by atoms with van der Waals surface area (Å²) in [7, 11) is -6.81. The largest absolute Gasteiger partial charge is 0.243 e. The molecule has 2 rings (SSSR count). The number of aryl methyl sites for hydroxylation is 2. The van der Waals surface area contributed by atoms with Crippen LogP contribution < -0.4 is 0 Å². The Labute approximate surface area is 139 Å². The van der Waals surface area contributed by atoms with Crippen LogP contribution in [0.2, 0.25) is 0 Å². The highest BCUT2D eigenvalue weighted by Gasteiger charge is 2.38. The van der Waals surface area contributed by atoms with Crippen LogP contribution in [-0.4, -0.2) is 45.2 Å². The highest BCUT2D eigenvalue weighted by Crippen LogP contribution is 2.26. The van der Waals surface area contributed by atoms with Crippen molar-refractivity contribution >= 4 is 19.9 Å². The van der Waals surface area contributed by atoms with Gasteiger partial charge in [-0.05, 0) is 49.9 Å². The van der Waals surface area contributed by atoms with E-state index in [2.05, 4.69) is 0 Å². The third-order valence-electron chi connectivity index (χ3n) is 4.43. The topological polar surface area (TPSA) is 71.5 Å². The number of sulfonamides is 1. The van der Waals surface area contributed by atoms with Gasteiger partial charge in [0.25, 0.3) is 0 Å². The molecule has 0 radical (unpaired) electrons. The predicted octanol–water partition coefficient (Wildman–Crippen LogP) is 2.28. The van der Waals surface area contributed by atoms with Gasteiger partial charge < -0.3 is 0 Å². The fraction of sp³-hybridized carbons (Fsp3) is 0.625. The van der Waals surface area contributed by atoms with Gasteiger partial charge in [-0.15, -0.1) is 0 Å². The molecule has 130 valence electrons. The Kier molecular flexibility index (Phi) is 5.53. The average Bonchev–Trinajstić information content (AvgIpc) is 2.82. The van der Waals surface area contributed by atoms with Gasteiger partial charge in [0, 0.05) is 12.6 Å². The first-order valence-electron chi connectivity index (χ1n) is 7.97. The second kappa shape index (κ2) is 6.91. The third kappa shape index (κ3) is 4.14. The van der Waals surface area contributed by atoms with Gasteiger partial charge in [0.2, 0.25) is 10.0 Å². The van der Waals surface area contributed by atoms with Crippen LogP contribution in [0.25, 0.3) is 0 Å². The van der Waals surface area contributed by atoms with Gasteiger partial charge in [0.05, 0.1) is 16.4 Å². The molecule has 1 fully saturated rings. The molecule has 0 N–H and O–H groups in total. The van der Waals surface area contributed by atoms with Crippen LogP contribution in [-0.2, 0) is 19.9 Å². The van der Waals surface area contributed by atoms with Gasteiger partial charge in [-0.3, -0.25) is 0 Å². The van der Waals surface area contributed by atoms with Crippen LogP contribution in [0.15, 0.2) is 23.1 Å². The summed E-state index contributed by atoms with van der Waals surface area (Å²) in [5.41, 5.74) is 1.95. The van der Waals surface area contributed by atoms with E-state index in [-0.39, 0.29) is 16.4 Å². The molecule has 1 aromatic carbocycles. The fourth-order valence-corrected chi connectivity index (χ4v) is 6.43. The smallest absolute Gasteiger partial charge is 0.229 e. The molecule has 0 saturated carbocycles. The zero-order chi connectivity index (χ0) is 17.3. The van der Waals surface area contributed by atoms with Crippen LogP contribution in [0.5, 0.6) is 0 Å². The van der Waals surface area contributed by atoms with Gasteiger partial charge in [-0.25, -0.2) is 16.8 Å². The maximum atomic E-state index is 13.0. The number of sulfone groups is 1. The molecule has 1 aliphatic rings. The first kappa shape index (κ1) is 18.4. The van der Waals surface area contributed by atoms with E-state index in [0.29, 0.717) is 13.0 Å². The molecule has 0 bridgehead atoms. The molecule has 7 heteroatoms. The van der Waals surface area contributed by atoms with Gasteiger partial charge in [-0.1, -0.05) is 19.4 Å². The SMILES string of the molecule is CCCCN([C@H]1CCS(=O)(=O)C1)S(=O)(=O)c1ccc(C)c(C)c1. The number of nitrogens with zero attached hydrogens (tertiary/aromatic N) is 1. The minimum Gasteiger partial charge on any atom is -0.229 e. The average molecular weight is 360 g/mol. The fourth-order valence-electron chi connectivity index (χ4n) is 2.83. The van der Waals surface area contributed by atoms with E-state index in [9.17, 15) is 16.8 Å². The summed E-state index contributed by atoms with van der Waals surface area (Å²) in [6.07, 6.45) is 1.97. The zero-order valence-corrected chi connectivity index (χ0v) is 15.6. The number of unbranched alkanes of at least 4 members (excludes halogenated alkanes) is 1. The van der Waals surface area contributed by atoms with E-state index in [1.165, 1.54) is 4.31 Å². The lowest BCUT2D eigenvalue weighted by molar-refractivity contribution is 0.335. The zero-order valence-electron chi connectivity index (χ0n) is 13.9. The van der Waals surface area contributed by atoms with Crippen LogP contribution >= 0.6 is 0 Å². The standard InChI is InChI=1S/C16H25NO4S2/c1-4-5-9-17(15-8-10-22(18,19)12-15)23(20,21)16-7-6-13(2)14(3)11-16/h6-7,11,15H,4-5,8-10,12H2,1-3H3/t15-/m0/s1. The first-order valence-corrected chi connectivity index (χ1v) is 11.2. The summed E-state index contributed by atoms with van der Waals surface area (Å²) in [6, 6.07) is 4.64. The van der Waals surface area contributed by atoms with E-state index < -0.39 is 25.9 Å². The first-order chi connectivity index (χ1) is 10.7. The Morgan fingerprint density at radius 1 is 1.22 bits per heavy atom. The van der Waals surface area contributed by atoms with Crippen molar-refractivity contribution in [1.82, 2.24) is 4.31 Å². The molecule has 5 nitrogen and oxygen atoms in total. The van der Waals surface area contributed by atoms with Crippen molar-refractivity contribution < 1.29 is 16.8 Å². The van der Waals surface area contributed by atoms with Crippen molar-refractivity contribution in [2.75, 3.05) is 18.1 Å². The van der Waals surface area contributed by atoms with Crippen LogP contribution in [0.4, 0.5) is 0 Å². The summed E-state index contributed by atoms with van der Waals surface area (Å²) in [5.74, 6) is 0.00350. The van der Waals surface area contributed by atoms with E-state index in [4.69, 9.17) is 0 Å². The van der Waals surface area contributed by atoms with Gasteiger partial charge in [0.15, 0.2) is 9.84 Å². The Bertz CT molecular complexity index is 769. The summed E-state index contributed by atoms with van der Waals surface area (Å²) in [4.78, 5) is 0.251. The molecule has 1 aromatic rings. The van der Waals surface area contributed by atoms with Gasteiger partial charge in [-0.2, -0.15) is 4.31 Å². The second-order valence-electron chi connectivity index (χ2n) is 6.27. The summed E-state index contributed by atoms with van der Waals surface area (Å²) >= 11 is 0. The monoisotopic (exact) mass is 359 g/mol. The third-order valence-corrected chi connectivity index (χ3v) is 8.13. The molecule has 0 amide bonds. The van der Waals surface area contributed by atoms with Crippen molar-refractivity contribution in [2.45, 2.75) is 51.0 Å². The van der Waals surface area contributed by atoms with E-state index in [1.54, 1.807) is 18.2 Å². The normalized spacial score (nSPS) is 21.0. The molecule has 0 spiro atoms. The lowest BCUT2D eigenvalue weighted by atomic mass is 10.1. The molecule has 1 aliphatic heterocycles. The molecule has 1 atom stereocenters. The molecular weight excluding hydrogens is 334 g/mol. The minimum absolute atomic E-state index is 0.0687. The van der Waals surface area contributed by atoms with Crippen LogP contribution in [0.3, 0.4) is 0 Å². The van der Waals surface area contributed by atoms with Crippen molar-refractivity contribution in [2.24, 2.45) is 0 Å². The molecular formula is C16H25NO4S2. The highest BCUT2D eigenvalue weighted by atomic mass is 32.2. The Balaban J connectivity index is 2.38. The molecule has 0 aliphatic carbocycles. The molecule has 23 heavy (non-hydrogen) atoms. The van der Waals surface area contributed by atoms with E-state index >= 15 is 0 Å². The highest BCUT2D eigenvalue weighted by molar-refractivity contribution is 7.92. The summed E-state index contributed by atoms with van der Waals surface area (Å²) in [6.45, 7) is 6.17. The maximum Gasteiger partial charge on any atom is 0.243 e. The molecule has 1 saturated heterocycles. The van der Waals surface area contributed by atoms with Crippen LogP contribution in [0, 0.1) is 13.8 Å². The second-order valence-corrected chi connectivity index (χ2v) is 10.4. The number of rotatable bonds is 6. The Morgan fingerprint density at radius 3 is 2.43 bits per heavy atom. The Morgan fingerprint density at radius 2 is 1.91 bits per heavy atom. The number of hydrogen-bond acceptors (Lipinski definition) is 4. The van der Waals surface area contributed by atoms with Gasteiger partial charge in [0.1, 0.15) is 0 Å². The summed E-state index contributed by atoms with van der Waals surface area (Å²) < 4.78 is 51.0. The molecule has 0 aromatic heterocycles. The van der Waals surface area contributed by atoms with Crippen molar-refractivity contribution in [3.63, 3.8) is 0 Å². The molecule has 0 unspecified atom stereocenters. The van der Waals surface area contributed by atoms with Crippen molar-refractivity contribution in [1.29, 1.82) is 0 Å². The quantitative estimate of drug-likeness (QED) is 0.781. The lowest BCUT2D eigenvalue weighted by Gasteiger charge is -2.27. The number of benzene rings is 1. The lowest BCUT2D eigenvalue weighted by Crippen LogP contribution is -2.41. The molecule has 1 heterocycles. The summed E-state index contributed by atoms with van der Waals surface area (Å²) in [5, 5.41) is 0.